The van der Waals surface area contributed by atoms with Gasteiger partial charge in [-0.25, -0.2) is 0 Å². The molecular weight excluding hydrogens is 258 g/mol. The molecule has 1 aromatic carbocycles. The van der Waals surface area contributed by atoms with E-state index < -0.39 is 0 Å². The van der Waals surface area contributed by atoms with Gasteiger partial charge in [-0.05, 0) is 44.1 Å². The van der Waals surface area contributed by atoms with Crippen LogP contribution in [0.15, 0.2) is 24.3 Å². The number of hydrazine groups is 1. The van der Waals surface area contributed by atoms with Crippen LogP contribution < -0.4 is 16.2 Å². The molecule has 102 valence electrons. The van der Waals surface area contributed by atoms with Crippen LogP contribution in [0.1, 0.15) is 41.6 Å². The number of carbonyl (C=O) groups is 1. The van der Waals surface area contributed by atoms with E-state index in [1.807, 2.05) is 19.1 Å². The Hall–Kier alpha value is -1.62. The standard InChI is InChI=1S/C14H19N3OS/c1-10-6-8-11(9-7-10)13(18)16-17-14(19)15-12-4-2-3-5-12/h6-9,12H,2-5H2,1H3,(H,16,18)(H2,15,17,19). The van der Waals surface area contributed by atoms with Gasteiger partial charge < -0.3 is 5.32 Å². The van der Waals surface area contributed by atoms with Crippen molar-refractivity contribution in [3.05, 3.63) is 35.4 Å². The fourth-order valence-corrected chi connectivity index (χ4v) is 2.40. The Balaban J connectivity index is 1.76. The third-order valence-corrected chi connectivity index (χ3v) is 3.51. The molecule has 0 bridgehead atoms. The summed E-state index contributed by atoms with van der Waals surface area (Å²) < 4.78 is 0. The Morgan fingerprint density at radius 1 is 1.16 bits per heavy atom. The summed E-state index contributed by atoms with van der Waals surface area (Å²) in [5, 5.41) is 3.68. The quantitative estimate of drug-likeness (QED) is 0.572. The molecule has 5 heteroatoms. The van der Waals surface area contributed by atoms with Gasteiger partial charge in [-0.2, -0.15) is 0 Å². The predicted molar refractivity (Wildman–Crippen MR) is 79.8 cm³/mol. The second-order valence-electron chi connectivity index (χ2n) is 4.90. The summed E-state index contributed by atoms with van der Waals surface area (Å²) in [6.45, 7) is 1.99. The van der Waals surface area contributed by atoms with Crippen molar-refractivity contribution >= 4 is 23.2 Å². The lowest BCUT2D eigenvalue weighted by Crippen LogP contribution is -2.49. The minimum Gasteiger partial charge on any atom is -0.359 e. The minimum atomic E-state index is -0.185. The van der Waals surface area contributed by atoms with E-state index in [1.54, 1.807) is 12.1 Å². The number of nitrogens with one attached hydrogen (secondary N) is 3. The lowest BCUT2D eigenvalue weighted by atomic mass is 10.1. The summed E-state index contributed by atoms with van der Waals surface area (Å²) in [6.07, 6.45) is 4.79. The van der Waals surface area contributed by atoms with Gasteiger partial charge in [-0.1, -0.05) is 30.5 Å². The van der Waals surface area contributed by atoms with Gasteiger partial charge in [0.2, 0.25) is 0 Å². The Bertz CT molecular complexity index is 452. The molecule has 1 fully saturated rings. The first-order chi connectivity index (χ1) is 9.15. The molecule has 3 N–H and O–H groups in total. The first-order valence-electron chi connectivity index (χ1n) is 6.58. The third-order valence-electron chi connectivity index (χ3n) is 3.29. The normalized spacial score (nSPS) is 15.0. The molecule has 0 heterocycles. The van der Waals surface area contributed by atoms with Gasteiger partial charge in [0.1, 0.15) is 0 Å². The molecule has 0 radical (unpaired) electrons. The molecule has 0 spiro atoms. The Labute approximate surface area is 118 Å². The highest BCUT2D eigenvalue weighted by Gasteiger charge is 2.15. The molecule has 0 aromatic heterocycles. The monoisotopic (exact) mass is 277 g/mol. The van der Waals surface area contributed by atoms with Crippen LogP contribution in [-0.4, -0.2) is 17.1 Å². The largest absolute Gasteiger partial charge is 0.359 e. The number of rotatable bonds is 2. The molecule has 1 saturated carbocycles. The second kappa shape index (κ2) is 6.52. The van der Waals surface area contributed by atoms with Crippen molar-refractivity contribution in [2.45, 2.75) is 38.6 Å². The highest BCUT2D eigenvalue weighted by Crippen LogP contribution is 2.17. The fraction of sp³-hybridized carbons (Fsp3) is 0.429. The number of carbonyl (C=O) groups excluding carboxylic acids is 1. The first-order valence-corrected chi connectivity index (χ1v) is 6.99. The molecule has 1 amide bonds. The van der Waals surface area contributed by atoms with Crippen LogP contribution in [0, 0.1) is 6.92 Å². The van der Waals surface area contributed by atoms with Crippen molar-refractivity contribution in [2.24, 2.45) is 0 Å². The summed E-state index contributed by atoms with van der Waals surface area (Å²) in [7, 11) is 0. The molecule has 0 aliphatic heterocycles. The molecule has 1 aromatic rings. The molecule has 0 unspecified atom stereocenters. The average Bonchev–Trinajstić information content (AvgIpc) is 2.89. The third kappa shape index (κ3) is 4.21. The van der Waals surface area contributed by atoms with Crippen molar-refractivity contribution in [1.29, 1.82) is 0 Å². The molecule has 2 rings (SSSR count). The van der Waals surface area contributed by atoms with Crippen LogP contribution in [0.5, 0.6) is 0 Å². The number of aryl methyl sites for hydroxylation is 1. The maximum atomic E-state index is 11.8. The smallest absolute Gasteiger partial charge is 0.269 e. The van der Waals surface area contributed by atoms with E-state index in [0.717, 1.165) is 18.4 Å². The van der Waals surface area contributed by atoms with Gasteiger partial charge in [0.25, 0.3) is 5.91 Å². The highest BCUT2D eigenvalue weighted by atomic mass is 32.1. The zero-order chi connectivity index (χ0) is 13.7. The van der Waals surface area contributed by atoms with Gasteiger partial charge in [-0.3, -0.25) is 15.6 Å². The van der Waals surface area contributed by atoms with Gasteiger partial charge in [0, 0.05) is 11.6 Å². The van der Waals surface area contributed by atoms with Crippen LogP contribution in [0.25, 0.3) is 0 Å². The van der Waals surface area contributed by atoms with Crippen molar-refractivity contribution in [1.82, 2.24) is 16.2 Å². The van der Waals surface area contributed by atoms with Gasteiger partial charge >= 0.3 is 0 Å². The minimum absolute atomic E-state index is 0.185. The maximum Gasteiger partial charge on any atom is 0.269 e. The van der Waals surface area contributed by atoms with Gasteiger partial charge in [-0.15, -0.1) is 0 Å². The molecule has 19 heavy (non-hydrogen) atoms. The Morgan fingerprint density at radius 2 is 1.79 bits per heavy atom. The number of hydrogen-bond donors (Lipinski definition) is 3. The lowest BCUT2D eigenvalue weighted by molar-refractivity contribution is 0.0943. The van der Waals surface area contributed by atoms with Gasteiger partial charge in [0.05, 0.1) is 0 Å². The summed E-state index contributed by atoms with van der Waals surface area (Å²) >= 11 is 5.14. The van der Waals surface area contributed by atoms with Crippen molar-refractivity contribution < 1.29 is 4.79 Å². The van der Waals surface area contributed by atoms with E-state index in [0.29, 0.717) is 16.7 Å². The van der Waals surface area contributed by atoms with Crippen LogP contribution >= 0.6 is 12.2 Å². The number of thiocarbonyl (C=S) groups is 1. The Morgan fingerprint density at radius 3 is 2.42 bits per heavy atom. The summed E-state index contributed by atoms with van der Waals surface area (Å²) in [4.78, 5) is 11.8. The van der Waals surface area contributed by atoms with E-state index in [2.05, 4.69) is 16.2 Å². The first kappa shape index (κ1) is 13.8. The zero-order valence-corrected chi connectivity index (χ0v) is 11.8. The molecule has 4 nitrogen and oxygen atoms in total. The Kier molecular flexibility index (Phi) is 4.74. The summed E-state index contributed by atoms with van der Waals surface area (Å²) in [5.41, 5.74) is 7.08. The second-order valence-corrected chi connectivity index (χ2v) is 5.31. The predicted octanol–water partition coefficient (Wildman–Crippen LogP) is 2.05. The van der Waals surface area contributed by atoms with Crippen LogP contribution in [0.2, 0.25) is 0 Å². The maximum absolute atomic E-state index is 11.8. The van der Waals surface area contributed by atoms with Gasteiger partial charge in [0.15, 0.2) is 5.11 Å². The average molecular weight is 277 g/mol. The molecular formula is C14H19N3OS. The van der Waals surface area contributed by atoms with E-state index in [-0.39, 0.29) is 5.91 Å². The topological polar surface area (TPSA) is 53.2 Å². The molecule has 1 aliphatic rings. The van der Waals surface area contributed by atoms with E-state index in [4.69, 9.17) is 12.2 Å². The molecule has 0 atom stereocenters. The van der Waals surface area contributed by atoms with Crippen molar-refractivity contribution in [3.63, 3.8) is 0 Å². The SMILES string of the molecule is Cc1ccc(C(=O)NNC(=S)NC2CCCC2)cc1. The van der Waals surface area contributed by atoms with Crippen LogP contribution in [-0.2, 0) is 0 Å². The fourth-order valence-electron chi connectivity index (χ4n) is 2.18. The van der Waals surface area contributed by atoms with Crippen LogP contribution in [0.3, 0.4) is 0 Å². The van der Waals surface area contributed by atoms with Crippen molar-refractivity contribution in [2.75, 3.05) is 0 Å². The van der Waals surface area contributed by atoms with E-state index in [1.165, 1.54) is 12.8 Å². The number of hydrogen-bond acceptors (Lipinski definition) is 2. The molecule has 1 aliphatic carbocycles. The molecule has 0 saturated heterocycles. The van der Waals surface area contributed by atoms with Crippen LogP contribution in [0.4, 0.5) is 0 Å². The lowest BCUT2D eigenvalue weighted by Gasteiger charge is -2.16. The van der Waals surface area contributed by atoms with E-state index >= 15 is 0 Å². The van der Waals surface area contributed by atoms with Crippen molar-refractivity contribution in [3.8, 4) is 0 Å². The zero-order valence-electron chi connectivity index (χ0n) is 11.0. The highest BCUT2D eigenvalue weighted by molar-refractivity contribution is 7.80. The van der Waals surface area contributed by atoms with E-state index in [9.17, 15) is 4.79 Å². The number of amides is 1. The summed E-state index contributed by atoms with van der Waals surface area (Å²) in [5.74, 6) is -0.185. The summed E-state index contributed by atoms with van der Waals surface area (Å²) in [6, 6.07) is 7.84. The number of benzene rings is 1.